The molecule has 0 spiro atoms. The molecule has 1 amide bonds. The Morgan fingerprint density at radius 3 is 2.81 bits per heavy atom. The van der Waals surface area contributed by atoms with Crippen LogP contribution in [-0.2, 0) is 4.79 Å². The minimum absolute atomic E-state index is 0.0402. The van der Waals surface area contributed by atoms with Gasteiger partial charge in [-0.25, -0.2) is 0 Å². The third kappa shape index (κ3) is 1.88. The first kappa shape index (κ1) is 11.0. The van der Waals surface area contributed by atoms with Crippen LogP contribution in [0.2, 0.25) is 0 Å². The standard InChI is InChI=1S/C12H13NO2S/c1-7-10-5-4-9(15-3)6-11(10)16-12(7)13-8(2)14/h4-6H,1-3H3,(H,13,14). The largest absolute Gasteiger partial charge is 0.497 e. The average molecular weight is 235 g/mol. The van der Waals surface area contributed by atoms with Gasteiger partial charge in [0.1, 0.15) is 5.75 Å². The molecule has 2 aromatic rings. The lowest BCUT2D eigenvalue weighted by atomic mass is 10.2. The Balaban J connectivity index is 2.54. The first-order valence-electron chi connectivity index (χ1n) is 4.96. The van der Waals surface area contributed by atoms with E-state index in [1.165, 1.54) is 6.92 Å². The van der Waals surface area contributed by atoms with Gasteiger partial charge in [0.15, 0.2) is 0 Å². The second kappa shape index (κ2) is 4.14. The number of thiophene rings is 1. The maximum absolute atomic E-state index is 11.0. The Hall–Kier alpha value is -1.55. The number of rotatable bonds is 2. The first-order chi connectivity index (χ1) is 7.61. The number of nitrogens with one attached hydrogen (secondary N) is 1. The van der Waals surface area contributed by atoms with E-state index in [2.05, 4.69) is 5.32 Å². The molecule has 0 saturated carbocycles. The zero-order chi connectivity index (χ0) is 11.7. The Kier molecular flexibility index (Phi) is 2.83. The quantitative estimate of drug-likeness (QED) is 0.868. The van der Waals surface area contributed by atoms with Gasteiger partial charge in [0.2, 0.25) is 5.91 Å². The van der Waals surface area contributed by atoms with Crippen molar-refractivity contribution in [1.29, 1.82) is 0 Å². The molecular formula is C12H13NO2S. The summed E-state index contributed by atoms with van der Waals surface area (Å²) < 4.78 is 6.30. The predicted molar refractivity (Wildman–Crippen MR) is 67.4 cm³/mol. The smallest absolute Gasteiger partial charge is 0.221 e. The Morgan fingerprint density at radius 2 is 2.19 bits per heavy atom. The van der Waals surface area contributed by atoms with Crippen molar-refractivity contribution in [3.05, 3.63) is 23.8 Å². The molecule has 84 valence electrons. The van der Waals surface area contributed by atoms with Crippen molar-refractivity contribution >= 4 is 32.3 Å². The molecule has 0 aliphatic heterocycles. The van der Waals surface area contributed by atoms with Crippen LogP contribution in [0.15, 0.2) is 18.2 Å². The van der Waals surface area contributed by atoms with Gasteiger partial charge in [0, 0.05) is 11.6 Å². The summed E-state index contributed by atoms with van der Waals surface area (Å²) in [5.74, 6) is 0.796. The minimum Gasteiger partial charge on any atom is -0.497 e. The van der Waals surface area contributed by atoms with Crippen LogP contribution in [0.5, 0.6) is 5.75 Å². The minimum atomic E-state index is -0.0402. The van der Waals surface area contributed by atoms with Gasteiger partial charge in [-0.05, 0) is 36.1 Å². The van der Waals surface area contributed by atoms with Crippen LogP contribution < -0.4 is 10.1 Å². The fourth-order valence-corrected chi connectivity index (χ4v) is 2.80. The maximum Gasteiger partial charge on any atom is 0.221 e. The predicted octanol–water partition coefficient (Wildman–Crippen LogP) is 3.18. The van der Waals surface area contributed by atoms with Crippen molar-refractivity contribution in [3.8, 4) is 5.75 Å². The summed E-state index contributed by atoms with van der Waals surface area (Å²) in [7, 11) is 1.65. The monoisotopic (exact) mass is 235 g/mol. The van der Waals surface area contributed by atoms with Crippen molar-refractivity contribution in [2.24, 2.45) is 0 Å². The third-order valence-corrected chi connectivity index (χ3v) is 3.61. The molecule has 16 heavy (non-hydrogen) atoms. The second-order valence-electron chi connectivity index (χ2n) is 3.60. The van der Waals surface area contributed by atoms with Crippen molar-refractivity contribution in [3.63, 3.8) is 0 Å². The SMILES string of the molecule is COc1ccc2c(C)c(NC(C)=O)sc2c1. The third-order valence-electron chi connectivity index (χ3n) is 2.43. The van der Waals surface area contributed by atoms with E-state index in [4.69, 9.17) is 4.74 Å². The molecule has 0 radical (unpaired) electrons. The molecule has 0 saturated heterocycles. The molecule has 2 rings (SSSR count). The normalized spacial score (nSPS) is 10.4. The summed E-state index contributed by atoms with van der Waals surface area (Å²) in [4.78, 5) is 11.0. The van der Waals surface area contributed by atoms with Crippen molar-refractivity contribution in [2.75, 3.05) is 12.4 Å². The number of hydrogen-bond acceptors (Lipinski definition) is 3. The van der Waals surface area contributed by atoms with E-state index in [0.29, 0.717) is 0 Å². The van der Waals surface area contributed by atoms with Crippen molar-refractivity contribution < 1.29 is 9.53 Å². The molecule has 0 bridgehead atoms. The van der Waals surface area contributed by atoms with Crippen molar-refractivity contribution in [2.45, 2.75) is 13.8 Å². The van der Waals surface area contributed by atoms with Crippen LogP contribution in [0.4, 0.5) is 5.00 Å². The van der Waals surface area contributed by atoms with Gasteiger partial charge < -0.3 is 10.1 Å². The zero-order valence-electron chi connectivity index (χ0n) is 9.46. The molecule has 3 nitrogen and oxygen atoms in total. The van der Waals surface area contributed by atoms with E-state index in [-0.39, 0.29) is 5.91 Å². The Morgan fingerprint density at radius 1 is 1.44 bits per heavy atom. The highest BCUT2D eigenvalue weighted by molar-refractivity contribution is 7.23. The lowest BCUT2D eigenvalue weighted by Gasteiger charge is -1.99. The molecule has 0 fully saturated rings. The van der Waals surface area contributed by atoms with Crippen LogP contribution in [-0.4, -0.2) is 13.0 Å². The van der Waals surface area contributed by atoms with Gasteiger partial charge in [-0.1, -0.05) is 0 Å². The molecular weight excluding hydrogens is 222 g/mol. The van der Waals surface area contributed by atoms with E-state index < -0.39 is 0 Å². The van der Waals surface area contributed by atoms with Crippen LogP contribution >= 0.6 is 11.3 Å². The number of ether oxygens (including phenoxy) is 1. The fraction of sp³-hybridized carbons (Fsp3) is 0.250. The lowest BCUT2D eigenvalue weighted by molar-refractivity contribution is -0.114. The van der Waals surface area contributed by atoms with Gasteiger partial charge in [0.25, 0.3) is 0 Å². The number of methoxy groups -OCH3 is 1. The molecule has 0 unspecified atom stereocenters. The molecule has 1 aromatic heterocycles. The lowest BCUT2D eigenvalue weighted by Crippen LogP contribution is -2.04. The Labute approximate surface area is 98.0 Å². The van der Waals surface area contributed by atoms with Crippen LogP contribution in [0.3, 0.4) is 0 Å². The van der Waals surface area contributed by atoms with Gasteiger partial charge in [-0.2, -0.15) is 0 Å². The number of benzene rings is 1. The number of amides is 1. The second-order valence-corrected chi connectivity index (χ2v) is 4.65. The van der Waals surface area contributed by atoms with E-state index in [1.807, 2.05) is 25.1 Å². The summed E-state index contributed by atoms with van der Waals surface area (Å²) in [6.07, 6.45) is 0. The van der Waals surface area contributed by atoms with E-state index in [0.717, 1.165) is 26.4 Å². The van der Waals surface area contributed by atoms with E-state index in [9.17, 15) is 4.79 Å². The highest BCUT2D eigenvalue weighted by Crippen LogP contribution is 2.36. The fourth-order valence-electron chi connectivity index (χ4n) is 1.61. The molecule has 1 heterocycles. The summed E-state index contributed by atoms with van der Waals surface area (Å²) in [5.41, 5.74) is 1.11. The average Bonchev–Trinajstić information content (AvgIpc) is 2.54. The van der Waals surface area contributed by atoms with Crippen LogP contribution in [0, 0.1) is 6.92 Å². The van der Waals surface area contributed by atoms with Gasteiger partial charge in [-0.3, -0.25) is 4.79 Å². The molecule has 0 aliphatic rings. The number of hydrogen-bond donors (Lipinski definition) is 1. The zero-order valence-corrected chi connectivity index (χ0v) is 10.3. The van der Waals surface area contributed by atoms with E-state index in [1.54, 1.807) is 18.4 Å². The molecule has 4 heteroatoms. The summed E-state index contributed by atoms with van der Waals surface area (Å²) >= 11 is 1.57. The first-order valence-corrected chi connectivity index (χ1v) is 5.78. The van der Waals surface area contributed by atoms with Gasteiger partial charge in [0.05, 0.1) is 12.1 Å². The van der Waals surface area contributed by atoms with E-state index >= 15 is 0 Å². The topological polar surface area (TPSA) is 38.3 Å². The number of aryl methyl sites for hydroxylation is 1. The number of fused-ring (bicyclic) bond motifs is 1. The molecule has 1 N–H and O–H groups in total. The molecule has 0 atom stereocenters. The van der Waals surface area contributed by atoms with Crippen LogP contribution in [0.25, 0.3) is 10.1 Å². The molecule has 0 aliphatic carbocycles. The highest BCUT2D eigenvalue weighted by atomic mass is 32.1. The van der Waals surface area contributed by atoms with Crippen molar-refractivity contribution in [1.82, 2.24) is 0 Å². The highest BCUT2D eigenvalue weighted by Gasteiger charge is 2.09. The summed E-state index contributed by atoms with van der Waals surface area (Å²) in [5, 5.41) is 4.91. The molecule has 1 aromatic carbocycles. The summed E-state index contributed by atoms with van der Waals surface area (Å²) in [6, 6.07) is 5.93. The number of carbonyl (C=O) groups is 1. The van der Waals surface area contributed by atoms with Crippen LogP contribution in [0.1, 0.15) is 12.5 Å². The maximum atomic E-state index is 11.0. The number of carbonyl (C=O) groups excluding carboxylic acids is 1. The Bertz CT molecular complexity index is 545. The summed E-state index contributed by atoms with van der Waals surface area (Å²) in [6.45, 7) is 3.53. The van der Waals surface area contributed by atoms with Gasteiger partial charge in [-0.15, -0.1) is 11.3 Å². The van der Waals surface area contributed by atoms with Gasteiger partial charge >= 0.3 is 0 Å². The number of anilines is 1.